The third-order valence-corrected chi connectivity index (χ3v) is 3.82. The van der Waals surface area contributed by atoms with Crippen molar-refractivity contribution in [1.82, 2.24) is 10.2 Å². The largest absolute Gasteiger partial charge is 0.371 e. The van der Waals surface area contributed by atoms with Gasteiger partial charge in [-0.3, -0.25) is 0 Å². The molecule has 0 aliphatic carbocycles. The molecule has 2 fully saturated rings. The van der Waals surface area contributed by atoms with E-state index >= 15 is 0 Å². The Morgan fingerprint density at radius 2 is 2.40 bits per heavy atom. The molecule has 2 aliphatic heterocycles. The molecule has 2 atom stereocenters. The fourth-order valence-electron chi connectivity index (χ4n) is 2.94. The second-order valence-corrected chi connectivity index (χ2v) is 5.05. The normalized spacial score (nSPS) is 37.6. The minimum absolute atomic E-state index is 0.127. The van der Waals surface area contributed by atoms with Gasteiger partial charge in [0.1, 0.15) is 0 Å². The van der Waals surface area contributed by atoms with Crippen LogP contribution in [0.5, 0.6) is 0 Å². The van der Waals surface area contributed by atoms with Crippen LogP contribution in [-0.4, -0.2) is 49.8 Å². The molecule has 1 N–H and O–H groups in total. The van der Waals surface area contributed by atoms with E-state index in [0.717, 1.165) is 19.7 Å². The van der Waals surface area contributed by atoms with Crippen molar-refractivity contribution in [2.45, 2.75) is 44.2 Å². The molecule has 0 amide bonds. The molecule has 0 aromatic rings. The molecule has 2 unspecified atom stereocenters. The SMILES string of the molecule is CCCCC1NCCOC12CCN(C)C2. The van der Waals surface area contributed by atoms with Gasteiger partial charge >= 0.3 is 0 Å². The van der Waals surface area contributed by atoms with Gasteiger partial charge in [0.05, 0.1) is 12.2 Å². The standard InChI is InChI=1S/C12H24N2O/c1-3-4-5-11-12(15-9-7-13-11)6-8-14(2)10-12/h11,13H,3-10H2,1-2H3. The van der Waals surface area contributed by atoms with E-state index in [4.69, 9.17) is 4.74 Å². The Labute approximate surface area is 93.2 Å². The van der Waals surface area contributed by atoms with Gasteiger partial charge in [-0.25, -0.2) is 0 Å². The second kappa shape index (κ2) is 4.81. The summed E-state index contributed by atoms with van der Waals surface area (Å²) in [4.78, 5) is 2.39. The lowest BCUT2D eigenvalue weighted by Gasteiger charge is -2.42. The molecule has 3 nitrogen and oxygen atoms in total. The molecule has 0 bridgehead atoms. The quantitative estimate of drug-likeness (QED) is 0.762. The number of ether oxygens (including phenoxy) is 1. The van der Waals surface area contributed by atoms with Crippen LogP contribution in [0.1, 0.15) is 32.6 Å². The van der Waals surface area contributed by atoms with Gasteiger partial charge in [0, 0.05) is 25.7 Å². The monoisotopic (exact) mass is 212 g/mol. The van der Waals surface area contributed by atoms with Crippen molar-refractivity contribution < 1.29 is 4.74 Å². The van der Waals surface area contributed by atoms with Crippen molar-refractivity contribution in [3.05, 3.63) is 0 Å². The van der Waals surface area contributed by atoms with Crippen LogP contribution in [0.4, 0.5) is 0 Å². The first kappa shape index (κ1) is 11.4. The summed E-state index contributed by atoms with van der Waals surface area (Å²) >= 11 is 0. The van der Waals surface area contributed by atoms with Gasteiger partial charge in [-0.05, 0) is 19.9 Å². The van der Waals surface area contributed by atoms with Gasteiger partial charge < -0.3 is 15.0 Å². The fourth-order valence-corrected chi connectivity index (χ4v) is 2.94. The topological polar surface area (TPSA) is 24.5 Å². The zero-order valence-corrected chi connectivity index (χ0v) is 10.1. The van der Waals surface area contributed by atoms with Crippen LogP contribution in [-0.2, 0) is 4.74 Å². The van der Waals surface area contributed by atoms with Crippen LogP contribution in [0.25, 0.3) is 0 Å². The number of hydrogen-bond donors (Lipinski definition) is 1. The highest BCUT2D eigenvalue weighted by Crippen LogP contribution is 2.32. The van der Waals surface area contributed by atoms with Crippen LogP contribution in [0.2, 0.25) is 0 Å². The van der Waals surface area contributed by atoms with Crippen LogP contribution in [0, 0.1) is 0 Å². The highest BCUT2D eigenvalue weighted by Gasteiger charge is 2.45. The van der Waals surface area contributed by atoms with E-state index in [1.165, 1.54) is 32.2 Å². The average Bonchev–Trinajstić information content (AvgIpc) is 2.60. The zero-order valence-electron chi connectivity index (χ0n) is 10.1. The highest BCUT2D eigenvalue weighted by molar-refractivity contribution is 5.01. The average molecular weight is 212 g/mol. The number of nitrogens with one attached hydrogen (secondary N) is 1. The third kappa shape index (κ3) is 2.35. The summed E-state index contributed by atoms with van der Waals surface area (Å²) in [7, 11) is 2.20. The van der Waals surface area contributed by atoms with Crippen molar-refractivity contribution >= 4 is 0 Å². The zero-order chi connectivity index (χ0) is 10.7. The van der Waals surface area contributed by atoms with Gasteiger partial charge in [-0.15, -0.1) is 0 Å². The van der Waals surface area contributed by atoms with Crippen LogP contribution in [0.15, 0.2) is 0 Å². The van der Waals surface area contributed by atoms with Gasteiger partial charge in [0.2, 0.25) is 0 Å². The summed E-state index contributed by atoms with van der Waals surface area (Å²) < 4.78 is 6.10. The van der Waals surface area contributed by atoms with Crippen molar-refractivity contribution in [1.29, 1.82) is 0 Å². The lowest BCUT2D eigenvalue weighted by atomic mass is 9.88. The lowest BCUT2D eigenvalue weighted by Crippen LogP contribution is -2.59. The first-order valence-electron chi connectivity index (χ1n) is 6.33. The Morgan fingerprint density at radius 1 is 1.53 bits per heavy atom. The summed E-state index contributed by atoms with van der Waals surface area (Å²) in [5.74, 6) is 0. The number of rotatable bonds is 3. The number of likely N-dealkylation sites (tertiary alicyclic amines) is 1. The Bertz CT molecular complexity index is 206. The van der Waals surface area contributed by atoms with Crippen LogP contribution >= 0.6 is 0 Å². The Balaban J connectivity index is 1.99. The highest BCUT2D eigenvalue weighted by atomic mass is 16.5. The van der Waals surface area contributed by atoms with Gasteiger partial charge in [0.25, 0.3) is 0 Å². The lowest BCUT2D eigenvalue weighted by molar-refractivity contribution is -0.0896. The molecule has 2 saturated heterocycles. The molecule has 0 aromatic heterocycles. The molecule has 88 valence electrons. The molecule has 2 aliphatic rings. The van der Waals surface area contributed by atoms with E-state index in [9.17, 15) is 0 Å². The molecular weight excluding hydrogens is 188 g/mol. The molecular formula is C12H24N2O. The van der Waals surface area contributed by atoms with E-state index in [-0.39, 0.29) is 5.60 Å². The number of hydrogen-bond acceptors (Lipinski definition) is 3. The van der Waals surface area contributed by atoms with Crippen LogP contribution < -0.4 is 5.32 Å². The maximum atomic E-state index is 6.10. The molecule has 2 heterocycles. The van der Waals surface area contributed by atoms with E-state index in [1.54, 1.807) is 0 Å². The first-order chi connectivity index (χ1) is 7.27. The maximum Gasteiger partial charge on any atom is 0.0973 e. The van der Waals surface area contributed by atoms with Crippen molar-refractivity contribution in [2.24, 2.45) is 0 Å². The van der Waals surface area contributed by atoms with Crippen molar-refractivity contribution in [3.8, 4) is 0 Å². The van der Waals surface area contributed by atoms with Crippen molar-refractivity contribution in [3.63, 3.8) is 0 Å². The predicted octanol–water partition coefficient (Wildman–Crippen LogP) is 1.24. The summed E-state index contributed by atoms with van der Waals surface area (Å²) in [6.07, 6.45) is 5.06. The summed E-state index contributed by atoms with van der Waals surface area (Å²) in [6.45, 7) is 6.46. The Morgan fingerprint density at radius 3 is 3.07 bits per heavy atom. The number of morpholine rings is 1. The molecule has 15 heavy (non-hydrogen) atoms. The second-order valence-electron chi connectivity index (χ2n) is 5.05. The summed E-state index contributed by atoms with van der Waals surface area (Å²) in [5.41, 5.74) is 0.127. The number of unbranched alkanes of at least 4 members (excludes halogenated alkanes) is 1. The number of likely N-dealkylation sites (N-methyl/N-ethyl adjacent to an activating group) is 1. The number of nitrogens with zero attached hydrogens (tertiary/aromatic N) is 1. The predicted molar refractivity (Wildman–Crippen MR) is 62.1 cm³/mol. The van der Waals surface area contributed by atoms with E-state index in [2.05, 4.69) is 24.2 Å². The smallest absolute Gasteiger partial charge is 0.0973 e. The van der Waals surface area contributed by atoms with Gasteiger partial charge in [-0.1, -0.05) is 19.8 Å². The third-order valence-electron chi connectivity index (χ3n) is 3.82. The van der Waals surface area contributed by atoms with E-state index in [1.807, 2.05) is 0 Å². The molecule has 0 radical (unpaired) electrons. The minimum Gasteiger partial charge on any atom is -0.371 e. The first-order valence-corrected chi connectivity index (χ1v) is 6.33. The Kier molecular flexibility index (Phi) is 3.65. The molecule has 0 saturated carbocycles. The summed E-state index contributed by atoms with van der Waals surface area (Å²) in [5, 5.41) is 3.66. The van der Waals surface area contributed by atoms with E-state index < -0.39 is 0 Å². The van der Waals surface area contributed by atoms with Gasteiger partial charge in [0.15, 0.2) is 0 Å². The van der Waals surface area contributed by atoms with Crippen LogP contribution in [0.3, 0.4) is 0 Å². The van der Waals surface area contributed by atoms with E-state index in [0.29, 0.717) is 6.04 Å². The molecule has 3 heteroatoms. The Hall–Kier alpha value is -0.120. The minimum atomic E-state index is 0.127. The summed E-state index contributed by atoms with van der Waals surface area (Å²) in [6, 6.07) is 0.580. The fraction of sp³-hybridized carbons (Fsp3) is 1.00. The maximum absolute atomic E-state index is 6.10. The molecule has 0 aromatic carbocycles. The van der Waals surface area contributed by atoms with Crippen molar-refractivity contribution in [2.75, 3.05) is 33.3 Å². The molecule has 2 rings (SSSR count). The molecule has 1 spiro atoms. The van der Waals surface area contributed by atoms with Gasteiger partial charge in [-0.2, -0.15) is 0 Å².